The maximum absolute atomic E-state index is 5.99. The van der Waals surface area contributed by atoms with Gasteiger partial charge in [-0.2, -0.15) is 0 Å². The van der Waals surface area contributed by atoms with Crippen LogP contribution in [0.5, 0.6) is 0 Å². The van der Waals surface area contributed by atoms with E-state index in [0.29, 0.717) is 28.1 Å². The molecular weight excluding hydrogens is 273 g/mol. The van der Waals surface area contributed by atoms with E-state index in [4.69, 9.17) is 32.5 Å². The van der Waals surface area contributed by atoms with Gasteiger partial charge in [-0.3, -0.25) is 0 Å². The highest BCUT2D eigenvalue weighted by Gasteiger charge is 2.12. The van der Waals surface area contributed by atoms with Crippen molar-refractivity contribution in [2.45, 2.75) is 6.92 Å². The van der Waals surface area contributed by atoms with Crippen LogP contribution >= 0.6 is 23.2 Å². The number of benzene rings is 1. The number of nitrogens with zero attached hydrogens (tertiary/aromatic N) is 1. The van der Waals surface area contributed by atoms with Gasteiger partial charge in [0, 0.05) is 5.56 Å². The first kappa shape index (κ1) is 13.0. The minimum absolute atomic E-state index is 0.463. The molecule has 1 aromatic heterocycles. The van der Waals surface area contributed by atoms with Crippen LogP contribution < -0.4 is 0 Å². The zero-order valence-electron chi connectivity index (χ0n) is 9.69. The van der Waals surface area contributed by atoms with E-state index in [2.05, 4.69) is 5.16 Å². The lowest BCUT2D eigenvalue weighted by atomic mass is 10.1. The minimum atomic E-state index is 0.463. The minimum Gasteiger partial charge on any atom is -0.463 e. The molecule has 5 heteroatoms. The van der Waals surface area contributed by atoms with Crippen LogP contribution in [0, 0.1) is 0 Å². The Hall–Kier alpha value is -1.45. The molecule has 3 nitrogen and oxygen atoms in total. The molecule has 0 saturated carbocycles. The highest BCUT2D eigenvalue weighted by molar-refractivity contribution is 6.42. The second-order valence-corrected chi connectivity index (χ2v) is 4.28. The Morgan fingerprint density at radius 3 is 2.72 bits per heavy atom. The number of oxime groups is 1. The van der Waals surface area contributed by atoms with Gasteiger partial charge in [0.25, 0.3) is 0 Å². The molecule has 0 amide bonds. The standard InChI is InChI=1S/C13H11Cl2NO2/c1-2-18-16-13(12-4-3-7-17-12)9-5-6-10(14)11(15)8-9/h3-8H,2H2,1H3/b16-13-. The van der Waals surface area contributed by atoms with Crippen LogP contribution in [0.2, 0.25) is 10.0 Å². The van der Waals surface area contributed by atoms with Crippen molar-refractivity contribution in [1.29, 1.82) is 0 Å². The van der Waals surface area contributed by atoms with Crippen molar-refractivity contribution >= 4 is 28.9 Å². The first-order valence-electron chi connectivity index (χ1n) is 5.41. The summed E-state index contributed by atoms with van der Waals surface area (Å²) >= 11 is 11.9. The fourth-order valence-electron chi connectivity index (χ4n) is 1.43. The van der Waals surface area contributed by atoms with Gasteiger partial charge in [0.15, 0.2) is 11.5 Å². The van der Waals surface area contributed by atoms with Crippen molar-refractivity contribution in [1.82, 2.24) is 0 Å². The van der Waals surface area contributed by atoms with Crippen LogP contribution in [0.25, 0.3) is 0 Å². The summed E-state index contributed by atoms with van der Waals surface area (Å²) in [4.78, 5) is 5.10. The predicted molar refractivity (Wildman–Crippen MR) is 72.4 cm³/mol. The lowest BCUT2D eigenvalue weighted by molar-refractivity contribution is 0.159. The number of rotatable bonds is 4. The average Bonchev–Trinajstić information content (AvgIpc) is 2.88. The fraction of sp³-hybridized carbons (Fsp3) is 0.154. The highest BCUT2D eigenvalue weighted by Crippen LogP contribution is 2.24. The molecule has 0 fully saturated rings. The second kappa shape index (κ2) is 5.94. The Bertz CT molecular complexity index is 550. The van der Waals surface area contributed by atoms with Gasteiger partial charge in [-0.05, 0) is 31.2 Å². The number of halogens is 2. The molecule has 1 aromatic carbocycles. The van der Waals surface area contributed by atoms with Crippen LogP contribution in [-0.4, -0.2) is 12.3 Å². The van der Waals surface area contributed by atoms with Crippen LogP contribution in [0.15, 0.2) is 46.2 Å². The van der Waals surface area contributed by atoms with Crippen LogP contribution in [0.4, 0.5) is 0 Å². The highest BCUT2D eigenvalue weighted by atomic mass is 35.5. The lowest BCUT2D eigenvalue weighted by Crippen LogP contribution is -2.03. The Labute approximate surface area is 115 Å². The maximum atomic E-state index is 5.99. The summed E-state index contributed by atoms with van der Waals surface area (Å²) in [6, 6.07) is 8.84. The quantitative estimate of drug-likeness (QED) is 0.617. The maximum Gasteiger partial charge on any atom is 0.156 e. The van der Waals surface area contributed by atoms with Gasteiger partial charge in [-0.15, -0.1) is 0 Å². The molecule has 0 aliphatic carbocycles. The van der Waals surface area contributed by atoms with Crippen LogP contribution in [0.3, 0.4) is 0 Å². The summed E-state index contributed by atoms with van der Waals surface area (Å²) in [6.07, 6.45) is 1.58. The van der Waals surface area contributed by atoms with Crippen LogP contribution in [0.1, 0.15) is 18.2 Å². The molecule has 18 heavy (non-hydrogen) atoms. The van der Waals surface area contributed by atoms with Gasteiger partial charge >= 0.3 is 0 Å². The molecule has 2 aromatic rings. The molecule has 2 rings (SSSR count). The Balaban J connectivity index is 2.43. The molecule has 0 bridgehead atoms. The van der Waals surface area contributed by atoms with Crippen molar-refractivity contribution in [3.63, 3.8) is 0 Å². The van der Waals surface area contributed by atoms with Gasteiger partial charge in [-0.25, -0.2) is 0 Å². The van der Waals surface area contributed by atoms with Crippen molar-refractivity contribution in [3.05, 3.63) is 58.0 Å². The number of furan rings is 1. The summed E-state index contributed by atoms with van der Waals surface area (Å²) in [5, 5.41) is 5.01. The molecule has 0 aliphatic rings. The van der Waals surface area contributed by atoms with Crippen molar-refractivity contribution in [2.24, 2.45) is 5.16 Å². The van der Waals surface area contributed by atoms with E-state index in [0.717, 1.165) is 5.56 Å². The second-order valence-electron chi connectivity index (χ2n) is 3.46. The monoisotopic (exact) mass is 283 g/mol. The third-order valence-electron chi connectivity index (χ3n) is 2.23. The zero-order valence-corrected chi connectivity index (χ0v) is 11.2. The van der Waals surface area contributed by atoms with Gasteiger partial charge in [0.2, 0.25) is 0 Å². The van der Waals surface area contributed by atoms with E-state index in [1.807, 2.05) is 13.0 Å². The van der Waals surface area contributed by atoms with E-state index in [-0.39, 0.29) is 0 Å². The first-order valence-corrected chi connectivity index (χ1v) is 6.17. The Morgan fingerprint density at radius 1 is 1.28 bits per heavy atom. The molecule has 0 unspecified atom stereocenters. The molecule has 94 valence electrons. The van der Waals surface area contributed by atoms with E-state index in [1.54, 1.807) is 30.5 Å². The number of hydrogen-bond acceptors (Lipinski definition) is 3. The van der Waals surface area contributed by atoms with E-state index in [9.17, 15) is 0 Å². The largest absolute Gasteiger partial charge is 0.463 e. The third-order valence-corrected chi connectivity index (χ3v) is 2.97. The lowest BCUT2D eigenvalue weighted by Gasteiger charge is -2.05. The predicted octanol–water partition coefficient (Wildman–Crippen LogP) is 4.38. The van der Waals surface area contributed by atoms with Crippen molar-refractivity contribution < 1.29 is 9.25 Å². The summed E-state index contributed by atoms with van der Waals surface area (Å²) in [7, 11) is 0. The summed E-state index contributed by atoms with van der Waals surface area (Å²) in [5.74, 6) is 0.613. The van der Waals surface area contributed by atoms with Gasteiger partial charge < -0.3 is 9.25 Å². The molecule has 0 atom stereocenters. The van der Waals surface area contributed by atoms with Gasteiger partial charge in [0.1, 0.15) is 6.61 Å². The summed E-state index contributed by atoms with van der Waals surface area (Å²) in [5.41, 5.74) is 1.37. The summed E-state index contributed by atoms with van der Waals surface area (Å²) in [6.45, 7) is 2.34. The SMILES string of the molecule is CCO/N=C(/c1ccc(Cl)c(Cl)c1)c1ccco1. The Morgan fingerprint density at radius 2 is 2.11 bits per heavy atom. The first-order chi connectivity index (χ1) is 8.72. The topological polar surface area (TPSA) is 34.7 Å². The molecular formula is C13H11Cl2NO2. The third kappa shape index (κ3) is 2.86. The smallest absolute Gasteiger partial charge is 0.156 e. The molecule has 0 radical (unpaired) electrons. The number of hydrogen-bond donors (Lipinski definition) is 0. The normalized spacial score (nSPS) is 11.6. The van der Waals surface area contributed by atoms with Crippen molar-refractivity contribution in [3.8, 4) is 0 Å². The van der Waals surface area contributed by atoms with Crippen molar-refractivity contribution in [2.75, 3.05) is 6.61 Å². The molecule has 0 spiro atoms. The molecule has 0 saturated heterocycles. The summed E-state index contributed by atoms with van der Waals surface area (Å²) < 4.78 is 5.33. The zero-order chi connectivity index (χ0) is 13.0. The Kier molecular flexibility index (Phi) is 4.28. The van der Waals surface area contributed by atoms with Gasteiger partial charge in [0.05, 0.1) is 16.3 Å². The van der Waals surface area contributed by atoms with E-state index >= 15 is 0 Å². The van der Waals surface area contributed by atoms with E-state index < -0.39 is 0 Å². The van der Waals surface area contributed by atoms with E-state index in [1.165, 1.54) is 0 Å². The fourth-order valence-corrected chi connectivity index (χ4v) is 1.72. The molecule has 1 heterocycles. The average molecular weight is 284 g/mol. The van der Waals surface area contributed by atoms with Gasteiger partial charge in [-0.1, -0.05) is 34.4 Å². The molecule has 0 aliphatic heterocycles. The van der Waals surface area contributed by atoms with Crippen LogP contribution in [-0.2, 0) is 4.84 Å². The molecule has 0 N–H and O–H groups in total.